The Bertz CT molecular complexity index is 599. The molecule has 2 amide bonds. The van der Waals surface area contributed by atoms with E-state index in [1.54, 1.807) is 4.90 Å². The number of rotatable bonds is 3. The van der Waals surface area contributed by atoms with Crippen molar-refractivity contribution in [3.8, 4) is 0 Å². The molecular weight excluding hydrogens is 288 g/mol. The summed E-state index contributed by atoms with van der Waals surface area (Å²) < 4.78 is 22.7. The first kappa shape index (κ1) is 15.8. The van der Waals surface area contributed by atoms with Gasteiger partial charge in [-0.15, -0.1) is 0 Å². The number of sulfone groups is 1. The number of aryl methyl sites for hydroxylation is 1. The fraction of sp³-hybridized carbons (Fsp3) is 0.533. The van der Waals surface area contributed by atoms with E-state index in [9.17, 15) is 13.2 Å². The first-order chi connectivity index (χ1) is 9.87. The van der Waals surface area contributed by atoms with Gasteiger partial charge in [0.15, 0.2) is 9.84 Å². The van der Waals surface area contributed by atoms with Crippen molar-refractivity contribution in [2.24, 2.45) is 0 Å². The lowest BCUT2D eigenvalue weighted by atomic mass is 9.99. The minimum absolute atomic E-state index is 0.0633. The molecular formula is C15H22N2O3S. The summed E-state index contributed by atoms with van der Waals surface area (Å²) >= 11 is 0. The Morgan fingerprint density at radius 1 is 1.33 bits per heavy atom. The molecule has 1 fully saturated rings. The number of benzene rings is 1. The first-order valence-electron chi connectivity index (χ1n) is 7.17. The standard InChI is InChI=1S/C15H22N2O3S/c1-12-4-3-5-14(10-12)13(2)11-16-15(18)17-6-8-21(19,20)9-7-17/h3-5,10,13H,6-9,11H2,1-2H3,(H,16,18)/t13-/m1/s1. The average Bonchev–Trinajstić information content (AvgIpc) is 2.44. The van der Waals surface area contributed by atoms with Crippen molar-refractivity contribution >= 4 is 15.9 Å². The molecule has 1 aromatic carbocycles. The summed E-state index contributed by atoms with van der Waals surface area (Å²) in [5, 5.41) is 2.89. The predicted molar refractivity (Wildman–Crippen MR) is 83.2 cm³/mol. The molecule has 1 saturated heterocycles. The molecule has 0 radical (unpaired) electrons. The summed E-state index contributed by atoms with van der Waals surface area (Å²) in [7, 11) is -2.95. The number of urea groups is 1. The lowest BCUT2D eigenvalue weighted by Crippen LogP contribution is -2.48. The highest BCUT2D eigenvalue weighted by Gasteiger charge is 2.24. The van der Waals surface area contributed by atoms with E-state index in [0.717, 1.165) is 0 Å². The molecule has 116 valence electrons. The number of amides is 2. The summed E-state index contributed by atoms with van der Waals surface area (Å²) in [6.45, 7) is 5.23. The van der Waals surface area contributed by atoms with Crippen LogP contribution in [0.4, 0.5) is 4.79 Å². The van der Waals surface area contributed by atoms with Crippen molar-refractivity contribution in [2.45, 2.75) is 19.8 Å². The number of carbonyl (C=O) groups excluding carboxylic acids is 1. The Kier molecular flexibility index (Phi) is 4.88. The largest absolute Gasteiger partial charge is 0.337 e. The van der Waals surface area contributed by atoms with Gasteiger partial charge >= 0.3 is 6.03 Å². The van der Waals surface area contributed by atoms with Gasteiger partial charge in [0.2, 0.25) is 0 Å². The highest BCUT2D eigenvalue weighted by molar-refractivity contribution is 7.91. The third-order valence-electron chi connectivity index (χ3n) is 3.80. The van der Waals surface area contributed by atoms with E-state index in [1.165, 1.54) is 11.1 Å². The second kappa shape index (κ2) is 6.47. The lowest BCUT2D eigenvalue weighted by Gasteiger charge is -2.27. The van der Waals surface area contributed by atoms with E-state index in [1.807, 2.05) is 19.1 Å². The van der Waals surface area contributed by atoms with E-state index in [4.69, 9.17) is 0 Å². The van der Waals surface area contributed by atoms with Crippen molar-refractivity contribution in [3.63, 3.8) is 0 Å². The summed E-state index contributed by atoms with van der Waals surface area (Å²) in [5.74, 6) is 0.351. The molecule has 1 heterocycles. The van der Waals surface area contributed by atoms with Gasteiger partial charge in [-0.05, 0) is 18.4 Å². The lowest BCUT2D eigenvalue weighted by molar-refractivity contribution is 0.201. The van der Waals surface area contributed by atoms with Crippen LogP contribution in [0.15, 0.2) is 24.3 Å². The monoisotopic (exact) mass is 310 g/mol. The van der Waals surface area contributed by atoms with E-state index in [-0.39, 0.29) is 36.5 Å². The average molecular weight is 310 g/mol. The smallest absolute Gasteiger partial charge is 0.317 e. The van der Waals surface area contributed by atoms with Gasteiger partial charge in [0.1, 0.15) is 0 Å². The third-order valence-corrected chi connectivity index (χ3v) is 5.41. The Morgan fingerprint density at radius 2 is 2.00 bits per heavy atom. The van der Waals surface area contributed by atoms with Crippen LogP contribution in [-0.4, -0.2) is 50.5 Å². The molecule has 1 aliphatic rings. The second-order valence-electron chi connectivity index (χ2n) is 5.64. The van der Waals surface area contributed by atoms with E-state index >= 15 is 0 Å². The number of carbonyl (C=O) groups is 1. The van der Waals surface area contributed by atoms with E-state index in [0.29, 0.717) is 6.54 Å². The van der Waals surface area contributed by atoms with Crippen LogP contribution in [0, 0.1) is 6.92 Å². The summed E-state index contributed by atoms with van der Waals surface area (Å²) in [6, 6.07) is 8.05. The maximum absolute atomic E-state index is 12.0. The van der Waals surface area contributed by atoms with Crippen LogP contribution in [-0.2, 0) is 9.84 Å². The number of hydrogen-bond donors (Lipinski definition) is 1. The van der Waals surface area contributed by atoms with Crippen LogP contribution in [0.3, 0.4) is 0 Å². The fourth-order valence-corrected chi connectivity index (χ4v) is 3.56. The molecule has 0 unspecified atom stereocenters. The summed E-state index contributed by atoms with van der Waals surface area (Å²) in [4.78, 5) is 13.6. The maximum atomic E-state index is 12.0. The van der Waals surface area contributed by atoms with Crippen LogP contribution >= 0.6 is 0 Å². The van der Waals surface area contributed by atoms with Gasteiger partial charge in [0.05, 0.1) is 11.5 Å². The molecule has 1 aliphatic heterocycles. The zero-order chi connectivity index (χ0) is 15.5. The van der Waals surface area contributed by atoms with Crippen LogP contribution in [0.25, 0.3) is 0 Å². The van der Waals surface area contributed by atoms with Gasteiger partial charge in [-0.1, -0.05) is 36.8 Å². The molecule has 0 aliphatic carbocycles. The van der Waals surface area contributed by atoms with Gasteiger partial charge < -0.3 is 10.2 Å². The summed E-state index contributed by atoms with van der Waals surface area (Å²) in [6.07, 6.45) is 0. The zero-order valence-corrected chi connectivity index (χ0v) is 13.3. The van der Waals surface area contributed by atoms with Gasteiger partial charge in [-0.2, -0.15) is 0 Å². The van der Waals surface area contributed by atoms with Gasteiger partial charge in [0, 0.05) is 19.6 Å². The highest BCUT2D eigenvalue weighted by Crippen LogP contribution is 2.15. The molecule has 0 saturated carbocycles. The molecule has 1 aromatic rings. The fourth-order valence-electron chi connectivity index (χ4n) is 2.36. The molecule has 0 aromatic heterocycles. The molecule has 1 atom stereocenters. The van der Waals surface area contributed by atoms with Gasteiger partial charge in [-0.3, -0.25) is 0 Å². The SMILES string of the molecule is Cc1cccc([C@H](C)CNC(=O)N2CCS(=O)(=O)CC2)c1. The van der Waals surface area contributed by atoms with Crippen molar-refractivity contribution in [3.05, 3.63) is 35.4 Å². The minimum atomic E-state index is -2.95. The predicted octanol–water partition coefficient (Wildman–Crippen LogP) is 1.54. The van der Waals surface area contributed by atoms with Crippen molar-refractivity contribution in [2.75, 3.05) is 31.1 Å². The summed E-state index contributed by atoms with van der Waals surface area (Å²) in [5.41, 5.74) is 2.39. The Morgan fingerprint density at radius 3 is 2.62 bits per heavy atom. The zero-order valence-electron chi connectivity index (χ0n) is 12.5. The van der Waals surface area contributed by atoms with Crippen molar-refractivity contribution < 1.29 is 13.2 Å². The topological polar surface area (TPSA) is 66.5 Å². The van der Waals surface area contributed by atoms with Gasteiger partial charge in [-0.25, -0.2) is 13.2 Å². The third kappa shape index (κ3) is 4.46. The Hall–Kier alpha value is -1.56. The molecule has 0 bridgehead atoms. The molecule has 0 spiro atoms. The Labute approximate surface area is 126 Å². The quantitative estimate of drug-likeness (QED) is 0.921. The van der Waals surface area contributed by atoms with Crippen LogP contribution in [0.5, 0.6) is 0 Å². The normalized spacial score (nSPS) is 19.0. The van der Waals surface area contributed by atoms with Crippen molar-refractivity contribution in [1.82, 2.24) is 10.2 Å². The second-order valence-corrected chi connectivity index (χ2v) is 7.94. The number of hydrogen-bond acceptors (Lipinski definition) is 3. The number of nitrogens with zero attached hydrogens (tertiary/aromatic N) is 1. The number of nitrogens with one attached hydrogen (secondary N) is 1. The van der Waals surface area contributed by atoms with E-state index < -0.39 is 9.84 Å². The first-order valence-corrected chi connectivity index (χ1v) is 8.99. The minimum Gasteiger partial charge on any atom is -0.337 e. The van der Waals surface area contributed by atoms with E-state index in [2.05, 4.69) is 24.4 Å². The van der Waals surface area contributed by atoms with Crippen LogP contribution < -0.4 is 5.32 Å². The van der Waals surface area contributed by atoms with Crippen molar-refractivity contribution in [1.29, 1.82) is 0 Å². The molecule has 21 heavy (non-hydrogen) atoms. The molecule has 2 rings (SSSR count). The van der Waals surface area contributed by atoms with Gasteiger partial charge in [0.25, 0.3) is 0 Å². The maximum Gasteiger partial charge on any atom is 0.317 e. The Balaban J connectivity index is 1.84. The molecule has 6 heteroatoms. The molecule has 1 N–H and O–H groups in total. The highest BCUT2D eigenvalue weighted by atomic mass is 32.2. The van der Waals surface area contributed by atoms with Crippen LogP contribution in [0.1, 0.15) is 24.0 Å². The molecule has 5 nitrogen and oxygen atoms in total. The van der Waals surface area contributed by atoms with Crippen LogP contribution in [0.2, 0.25) is 0 Å².